The molecule has 8 heteroatoms. The minimum atomic E-state index is -4.29. The summed E-state index contributed by atoms with van der Waals surface area (Å²) in [6.45, 7) is 5.46. The van der Waals surface area contributed by atoms with Crippen molar-refractivity contribution in [1.29, 1.82) is 0 Å². The molecule has 1 aromatic heterocycles. The van der Waals surface area contributed by atoms with Crippen LogP contribution < -0.4 is 4.90 Å². The molecule has 124 valence electrons. The number of anilines is 1. The first-order chi connectivity index (χ1) is 10.9. The predicted molar refractivity (Wildman–Crippen MR) is 78.0 cm³/mol. The minimum absolute atomic E-state index is 0.588. The second-order valence-corrected chi connectivity index (χ2v) is 5.54. The Labute approximate surface area is 131 Å². The fourth-order valence-electron chi connectivity index (χ4n) is 2.62. The van der Waals surface area contributed by atoms with Crippen LogP contribution in [0.1, 0.15) is 17.3 Å². The van der Waals surface area contributed by atoms with Crippen LogP contribution in [0.25, 0.3) is 0 Å². The van der Waals surface area contributed by atoms with E-state index in [4.69, 9.17) is 4.52 Å². The van der Waals surface area contributed by atoms with Gasteiger partial charge in [-0.1, -0.05) is 5.16 Å². The Morgan fingerprint density at radius 2 is 1.74 bits per heavy atom. The number of halogens is 3. The van der Waals surface area contributed by atoms with Crippen molar-refractivity contribution in [2.45, 2.75) is 19.6 Å². The molecule has 23 heavy (non-hydrogen) atoms. The SMILES string of the molecule is Cc1noc(CN2CCN(c3ccc(C(F)(F)F)cc3)CC2)n1. The van der Waals surface area contributed by atoms with Crippen LogP contribution in [-0.2, 0) is 12.7 Å². The molecule has 2 heterocycles. The van der Waals surface area contributed by atoms with Crippen molar-refractivity contribution in [3.63, 3.8) is 0 Å². The largest absolute Gasteiger partial charge is 0.416 e. The van der Waals surface area contributed by atoms with Gasteiger partial charge in [0.15, 0.2) is 5.82 Å². The summed E-state index contributed by atoms with van der Waals surface area (Å²) >= 11 is 0. The minimum Gasteiger partial charge on any atom is -0.369 e. The zero-order chi connectivity index (χ0) is 16.4. The van der Waals surface area contributed by atoms with Gasteiger partial charge in [-0.05, 0) is 31.2 Å². The molecule has 2 aromatic rings. The highest BCUT2D eigenvalue weighted by Crippen LogP contribution is 2.30. The van der Waals surface area contributed by atoms with Crippen LogP contribution in [-0.4, -0.2) is 41.2 Å². The van der Waals surface area contributed by atoms with Gasteiger partial charge in [0.25, 0.3) is 0 Å². The number of alkyl halides is 3. The van der Waals surface area contributed by atoms with Crippen molar-refractivity contribution in [2.24, 2.45) is 0 Å². The third kappa shape index (κ3) is 3.82. The summed E-state index contributed by atoms with van der Waals surface area (Å²) in [5.74, 6) is 1.20. The summed E-state index contributed by atoms with van der Waals surface area (Å²) in [5.41, 5.74) is 0.193. The van der Waals surface area contributed by atoms with Crippen LogP contribution in [0.4, 0.5) is 18.9 Å². The number of benzene rings is 1. The first-order valence-electron chi connectivity index (χ1n) is 7.35. The smallest absolute Gasteiger partial charge is 0.369 e. The molecule has 0 radical (unpaired) electrons. The summed E-state index contributed by atoms with van der Waals surface area (Å²) < 4.78 is 42.8. The summed E-state index contributed by atoms with van der Waals surface area (Å²) in [4.78, 5) is 8.44. The quantitative estimate of drug-likeness (QED) is 0.868. The van der Waals surface area contributed by atoms with Gasteiger partial charge in [-0.2, -0.15) is 18.2 Å². The van der Waals surface area contributed by atoms with Gasteiger partial charge >= 0.3 is 6.18 Å². The highest BCUT2D eigenvalue weighted by atomic mass is 19.4. The number of aromatic nitrogens is 2. The number of hydrogen-bond acceptors (Lipinski definition) is 5. The highest BCUT2D eigenvalue weighted by molar-refractivity contribution is 5.48. The van der Waals surface area contributed by atoms with Crippen molar-refractivity contribution in [2.75, 3.05) is 31.1 Å². The van der Waals surface area contributed by atoms with Gasteiger partial charge in [0.05, 0.1) is 12.1 Å². The van der Waals surface area contributed by atoms with Crippen molar-refractivity contribution >= 4 is 5.69 Å². The molecule has 0 N–H and O–H groups in total. The summed E-state index contributed by atoms with van der Waals surface area (Å²) in [5, 5.41) is 3.76. The van der Waals surface area contributed by atoms with Gasteiger partial charge in [0.1, 0.15) is 0 Å². The molecular formula is C15H17F3N4O. The number of hydrogen-bond donors (Lipinski definition) is 0. The van der Waals surface area contributed by atoms with Gasteiger partial charge in [-0.15, -0.1) is 0 Å². The molecule has 1 aromatic carbocycles. The molecule has 0 spiro atoms. The molecule has 0 unspecified atom stereocenters. The first-order valence-corrected chi connectivity index (χ1v) is 7.35. The lowest BCUT2D eigenvalue weighted by Gasteiger charge is -2.35. The van der Waals surface area contributed by atoms with Gasteiger partial charge < -0.3 is 9.42 Å². The van der Waals surface area contributed by atoms with E-state index in [0.717, 1.165) is 44.0 Å². The second-order valence-electron chi connectivity index (χ2n) is 5.54. The molecule has 1 fully saturated rings. The molecule has 1 saturated heterocycles. The molecule has 0 bridgehead atoms. The maximum absolute atomic E-state index is 12.6. The van der Waals surface area contributed by atoms with Gasteiger partial charge in [0.2, 0.25) is 5.89 Å². The average molecular weight is 326 g/mol. The second kappa shape index (κ2) is 6.19. The molecule has 0 aliphatic carbocycles. The van der Waals surface area contributed by atoms with E-state index in [0.29, 0.717) is 18.3 Å². The maximum Gasteiger partial charge on any atom is 0.416 e. The Kier molecular flexibility index (Phi) is 4.25. The van der Waals surface area contributed by atoms with Crippen LogP contribution in [0.3, 0.4) is 0 Å². The van der Waals surface area contributed by atoms with E-state index in [1.165, 1.54) is 12.1 Å². The topological polar surface area (TPSA) is 45.4 Å². The van der Waals surface area contributed by atoms with Crippen molar-refractivity contribution in [1.82, 2.24) is 15.0 Å². The molecule has 0 saturated carbocycles. The Morgan fingerprint density at radius 3 is 2.26 bits per heavy atom. The summed E-state index contributed by atoms with van der Waals surface area (Å²) in [6.07, 6.45) is -4.29. The van der Waals surface area contributed by atoms with E-state index in [2.05, 4.69) is 19.9 Å². The lowest BCUT2D eigenvalue weighted by molar-refractivity contribution is -0.137. The zero-order valence-corrected chi connectivity index (χ0v) is 12.7. The maximum atomic E-state index is 12.6. The van der Waals surface area contributed by atoms with Gasteiger partial charge in [0, 0.05) is 31.9 Å². The van der Waals surface area contributed by atoms with E-state index in [9.17, 15) is 13.2 Å². The van der Waals surface area contributed by atoms with Gasteiger partial charge in [-0.25, -0.2) is 0 Å². The summed E-state index contributed by atoms with van der Waals surface area (Å²) in [7, 11) is 0. The number of rotatable bonds is 3. The molecule has 0 atom stereocenters. The van der Waals surface area contributed by atoms with Crippen LogP contribution in [0.2, 0.25) is 0 Å². The Bertz CT molecular complexity index is 645. The van der Waals surface area contributed by atoms with E-state index < -0.39 is 11.7 Å². The Morgan fingerprint density at radius 1 is 1.09 bits per heavy atom. The van der Waals surface area contributed by atoms with Crippen molar-refractivity contribution in [3.05, 3.63) is 41.5 Å². The van der Waals surface area contributed by atoms with Crippen LogP contribution in [0, 0.1) is 6.92 Å². The molecule has 1 aliphatic rings. The molecule has 0 amide bonds. The lowest BCUT2D eigenvalue weighted by Crippen LogP contribution is -2.46. The zero-order valence-electron chi connectivity index (χ0n) is 12.7. The number of piperazine rings is 1. The molecule has 5 nitrogen and oxygen atoms in total. The monoisotopic (exact) mass is 326 g/mol. The first kappa shape index (κ1) is 15.8. The Hall–Kier alpha value is -2.09. The fourth-order valence-corrected chi connectivity index (χ4v) is 2.62. The molecule has 3 rings (SSSR count). The molecular weight excluding hydrogens is 309 g/mol. The number of nitrogens with zero attached hydrogens (tertiary/aromatic N) is 4. The van der Waals surface area contributed by atoms with Crippen molar-refractivity contribution < 1.29 is 17.7 Å². The van der Waals surface area contributed by atoms with Gasteiger partial charge in [-0.3, -0.25) is 4.90 Å². The van der Waals surface area contributed by atoms with Crippen LogP contribution in [0.5, 0.6) is 0 Å². The fraction of sp³-hybridized carbons (Fsp3) is 0.467. The highest BCUT2D eigenvalue weighted by Gasteiger charge is 2.30. The standard InChI is InChI=1S/C15H17F3N4O/c1-11-19-14(23-20-11)10-21-6-8-22(9-7-21)13-4-2-12(3-5-13)15(16,17)18/h2-5H,6-10H2,1H3. The summed E-state index contributed by atoms with van der Waals surface area (Å²) in [6, 6.07) is 5.31. The van der Waals surface area contributed by atoms with Crippen LogP contribution in [0.15, 0.2) is 28.8 Å². The normalized spacial score (nSPS) is 16.8. The van der Waals surface area contributed by atoms with E-state index in [-0.39, 0.29) is 0 Å². The average Bonchev–Trinajstić information content (AvgIpc) is 2.92. The van der Waals surface area contributed by atoms with E-state index in [1.807, 2.05) is 0 Å². The predicted octanol–water partition coefficient (Wildman–Crippen LogP) is 2.72. The van der Waals surface area contributed by atoms with E-state index in [1.54, 1.807) is 6.92 Å². The number of aryl methyl sites for hydroxylation is 1. The lowest BCUT2D eigenvalue weighted by atomic mass is 10.1. The third-order valence-corrected chi connectivity index (χ3v) is 3.86. The van der Waals surface area contributed by atoms with Crippen molar-refractivity contribution in [3.8, 4) is 0 Å². The van der Waals surface area contributed by atoms with E-state index >= 15 is 0 Å². The third-order valence-electron chi connectivity index (χ3n) is 3.86. The van der Waals surface area contributed by atoms with Crippen LogP contribution >= 0.6 is 0 Å². The molecule has 1 aliphatic heterocycles. The Balaban J connectivity index is 1.56.